The van der Waals surface area contributed by atoms with Crippen LogP contribution in [0.2, 0.25) is 5.02 Å². The summed E-state index contributed by atoms with van der Waals surface area (Å²) in [6.45, 7) is 3.52. The highest BCUT2D eigenvalue weighted by Crippen LogP contribution is 2.20. The first-order valence-corrected chi connectivity index (χ1v) is 6.17. The molecule has 1 aromatic carbocycles. The summed E-state index contributed by atoms with van der Waals surface area (Å²) < 4.78 is 5.41. The minimum Gasteiger partial charge on any atom is -0.381 e. The first-order chi connectivity index (χ1) is 6.77. The van der Waals surface area contributed by atoms with Crippen LogP contribution >= 0.6 is 27.5 Å². The Bertz CT molecular complexity index is 260. The van der Waals surface area contributed by atoms with Gasteiger partial charge in [-0.2, -0.15) is 0 Å². The summed E-state index contributed by atoms with van der Waals surface area (Å²) in [5, 5.41) is 1.69. The van der Waals surface area contributed by atoms with Gasteiger partial charge in [-0.1, -0.05) is 39.7 Å². The molecule has 0 bridgehead atoms. The molecule has 0 spiro atoms. The molecule has 0 amide bonds. The zero-order valence-electron chi connectivity index (χ0n) is 8.17. The second kappa shape index (κ2) is 6.44. The van der Waals surface area contributed by atoms with Crippen LogP contribution in [0.1, 0.15) is 18.4 Å². The molecule has 0 aromatic heterocycles. The van der Waals surface area contributed by atoms with Crippen LogP contribution in [0.4, 0.5) is 0 Å². The Hall–Kier alpha value is -0.0500. The van der Waals surface area contributed by atoms with E-state index < -0.39 is 0 Å². The quantitative estimate of drug-likeness (QED) is 0.743. The molecule has 0 heterocycles. The van der Waals surface area contributed by atoms with E-state index in [4.69, 9.17) is 16.3 Å². The van der Waals surface area contributed by atoms with Crippen molar-refractivity contribution in [3.05, 3.63) is 34.9 Å². The second-order valence-electron chi connectivity index (χ2n) is 3.06. The SMILES string of the molecule is CCOCC(CBr)c1ccc(Cl)cc1. The van der Waals surface area contributed by atoms with Crippen molar-refractivity contribution in [1.82, 2.24) is 0 Å². The van der Waals surface area contributed by atoms with E-state index >= 15 is 0 Å². The summed E-state index contributed by atoms with van der Waals surface area (Å²) in [6.07, 6.45) is 0. The third kappa shape index (κ3) is 3.60. The molecular weight excluding hydrogens is 263 g/mol. The van der Waals surface area contributed by atoms with Crippen LogP contribution in [-0.4, -0.2) is 18.5 Å². The Kier molecular flexibility index (Phi) is 5.53. The van der Waals surface area contributed by atoms with E-state index in [1.807, 2.05) is 31.2 Å². The Morgan fingerprint density at radius 3 is 2.50 bits per heavy atom. The molecule has 14 heavy (non-hydrogen) atoms. The highest BCUT2D eigenvalue weighted by Gasteiger charge is 2.09. The Labute approximate surface area is 98.5 Å². The first kappa shape index (κ1) is 12.0. The zero-order valence-corrected chi connectivity index (χ0v) is 10.5. The number of halogens is 2. The summed E-state index contributed by atoms with van der Waals surface area (Å²) >= 11 is 9.31. The van der Waals surface area contributed by atoms with Crippen LogP contribution in [0.25, 0.3) is 0 Å². The smallest absolute Gasteiger partial charge is 0.0542 e. The lowest BCUT2D eigenvalue weighted by molar-refractivity contribution is 0.137. The fourth-order valence-corrected chi connectivity index (χ4v) is 1.91. The maximum Gasteiger partial charge on any atom is 0.0542 e. The van der Waals surface area contributed by atoms with Gasteiger partial charge in [0.25, 0.3) is 0 Å². The van der Waals surface area contributed by atoms with E-state index in [1.165, 1.54) is 5.56 Å². The molecule has 0 aliphatic carbocycles. The van der Waals surface area contributed by atoms with Crippen molar-refractivity contribution >= 4 is 27.5 Å². The molecule has 1 atom stereocenters. The molecule has 1 rings (SSSR count). The van der Waals surface area contributed by atoms with E-state index in [9.17, 15) is 0 Å². The highest BCUT2D eigenvalue weighted by molar-refractivity contribution is 9.09. The number of hydrogen-bond acceptors (Lipinski definition) is 1. The summed E-state index contributed by atoms with van der Waals surface area (Å²) in [6, 6.07) is 7.93. The largest absolute Gasteiger partial charge is 0.381 e. The van der Waals surface area contributed by atoms with Gasteiger partial charge in [-0.25, -0.2) is 0 Å². The number of benzene rings is 1. The van der Waals surface area contributed by atoms with Gasteiger partial charge in [0.1, 0.15) is 0 Å². The molecular formula is C11H14BrClO. The molecule has 3 heteroatoms. The van der Waals surface area contributed by atoms with Crippen LogP contribution in [0.15, 0.2) is 24.3 Å². The second-order valence-corrected chi connectivity index (χ2v) is 4.15. The van der Waals surface area contributed by atoms with Crippen molar-refractivity contribution < 1.29 is 4.74 Å². The summed E-state index contributed by atoms with van der Waals surface area (Å²) in [4.78, 5) is 0. The number of ether oxygens (including phenoxy) is 1. The van der Waals surface area contributed by atoms with Gasteiger partial charge in [0.05, 0.1) is 6.61 Å². The van der Waals surface area contributed by atoms with Gasteiger partial charge in [-0.3, -0.25) is 0 Å². The molecule has 1 unspecified atom stereocenters. The van der Waals surface area contributed by atoms with E-state index in [0.29, 0.717) is 5.92 Å². The van der Waals surface area contributed by atoms with Crippen molar-refractivity contribution in [1.29, 1.82) is 0 Å². The van der Waals surface area contributed by atoms with Crippen molar-refractivity contribution in [2.75, 3.05) is 18.5 Å². The van der Waals surface area contributed by atoms with Crippen LogP contribution in [0.5, 0.6) is 0 Å². The monoisotopic (exact) mass is 276 g/mol. The molecule has 0 aliphatic rings. The predicted octanol–water partition coefficient (Wildman–Crippen LogP) is 3.86. The van der Waals surface area contributed by atoms with Crippen LogP contribution < -0.4 is 0 Å². The lowest BCUT2D eigenvalue weighted by Gasteiger charge is -2.14. The van der Waals surface area contributed by atoms with Crippen molar-refractivity contribution in [3.8, 4) is 0 Å². The Balaban J connectivity index is 2.64. The topological polar surface area (TPSA) is 9.23 Å². The molecule has 0 aliphatic heterocycles. The molecule has 0 radical (unpaired) electrons. The van der Waals surface area contributed by atoms with Crippen molar-refractivity contribution in [2.45, 2.75) is 12.8 Å². The number of alkyl halides is 1. The third-order valence-electron chi connectivity index (χ3n) is 2.05. The minimum absolute atomic E-state index is 0.409. The fraction of sp³-hybridized carbons (Fsp3) is 0.455. The normalized spacial score (nSPS) is 12.8. The average Bonchev–Trinajstić information content (AvgIpc) is 2.21. The molecule has 1 aromatic rings. The lowest BCUT2D eigenvalue weighted by atomic mass is 10.0. The third-order valence-corrected chi connectivity index (χ3v) is 3.08. The molecule has 0 saturated heterocycles. The maximum absolute atomic E-state index is 5.82. The van der Waals surface area contributed by atoms with Gasteiger partial charge in [0, 0.05) is 22.9 Å². The standard InChI is InChI=1S/C11H14BrClO/c1-2-14-8-10(7-12)9-3-5-11(13)6-4-9/h3-6,10H,2,7-8H2,1H3. The van der Waals surface area contributed by atoms with Crippen LogP contribution in [0.3, 0.4) is 0 Å². The number of rotatable bonds is 5. The Morgan fingerprint density at radius 1 is 1.36 bits per heavy atom. The van der Waals surface area contributed by atoms with Gasteiger partial charge in [-0.15, -0.1) is 0 Å². The average molecular weight is 278 g/mol. The van der Waals surface area contributed by atoms with Gasteiger partial charge in [-0.05, 0) is 24.6 Å². The summed E-state index contributed by atoms with van der Waals surface area (Å²) in [7, 11) is 0. The van der Waals surface area contributed by atoms with E-state index in [0.717, 1.165) is 23.6 Å². The van der Waals surface area contributed by atoms with Crippen molar-refractivity contribution in [2.24, 2.45) is 0 Å². The summed E-state index contributed by atoms with van der Waals surface area (Å²) in [5.41, 5.74) is 1.26. The van der Waals surface area contributed by atoms with E-state index in [1.54, 1.807) is 0 Å². The lowest BCUT2D eigenvalue weighted by Crippen LogP contribution is -2.09. The van der Waals surface area contributed by atoms with Gasteiger partial charge >= 0.3 is 0 Å². The molecule has 78 valence electrons. The van der Waals surface area contributed by atoms with Gasteiger partial charge in [0.15, 0.2) is 0 Å². The van der Waals surface area contributed by atoms with E-state index in [2.05, 4.69) is 15.9 Å². The van der Waals surface area contributed by atoms with Gasteiger partial charge in [0.2, 0.25) is 0 Å². The molecule has 0 fully saturated rings. The van der Waals surface area contributed by atoms with Crippen molar-refractivity contribution in [3.63, 3.8) is 0 Å². The molecule has 0 saturated carbocycles. The fourth-order valence-electron chi connectivity index (χ4n) is 1.22. The summed E-state index contributed by atoms with van der Waals surface area (Å²) in [5.74, 6) is 0.409. The maximum atomic E-state index is 5.82. The first-order valence-electron chi connectivity index (χ1n) is 4.67. The number of hydrogen-bond donors (Lipinski definition) is 0. The zero-order chi connectivity index (χ0) is 10.4. The molecule has 1 nitrogen and oxygen atoms in total. The molecule has 0 N–H and O–H groups in total. The highest BCUT2D eigenvalue weighted by atomic mass is 79.9. The minimum atomic E-state index is 0.409. The van der Waals surface area contributed by atoms with Crippen LogP contribution in [-0.2, 0) is 4.74 Å². The predicted molar refractivity (Wildman–Crippen MR) is 64.5 cm³/mol. The Morgan fingerprint density at radius 2 is 2.00 bits per heavy atom. The van der Waals surface area contributed by atoms with Gasteiger partial charge < -0.3 is 4.74 Å². The van der Waals surface area contributed by atoms with Crippen LogP contribution in [0, 0.1) is 0 Å². The van der Waals surface area contributed by atoms with E-state index in [-0.39, 0.29) is 0 Å².